The first kappa shape index (κ1) is 14.4. The summed E-state index contributed by atoms with van der Waals surface area (Å²) in [6.45, 7) is 5.03. The molecule has 96 valence electrons. The van der Waals surface area contributed by atoms with Crippen LogP contribution in [0, 0.1) is 0 Å². The molecule has 0 fully saturated rings. The van der Waals surface area contributed by atoms with E-state index in [-0.39, 0.29) is 13.2 Å². The van der Waals surface area contributed by atoms with Crippen LogP contribution in [0.15, 0.2) is 40.9 Å². The number of ether oxygens (including phenoxy) is 2. The van der Waals surface area contributed by atoms with Crippen molar-refractivity contribution in [3.05, 3.63) is 46.5 Å². The maximum absolute atomic E-state index is 11.6. The average Bonchev–Trinajstić information content (AvgIpc) is 2.33. The highest BCUT2D eigenvalue weighted by Crippen LogP contribution is 2.12. The third-order valence-electron chi connectivity index (χ3n) is 1.96. The standard InChI is InChI=1S/C13H13BrO4/c1-9(2)12(15)17-6-7-18-13(16)10-4-3-5-11(14)8-10/h3-5,8H,1,6-7H2,2H3. The highest BCUT2D eigenvalue weighted by atomic mass is 79.9. The minimum absolute atomic E-state index is 0.0182. The molecule has 18 heavy (non-hydrogen) atoms. The summed E-state index contributed by atoms with van der Waals surface area (Å²) in [5.74, 6) is -0.948. The van der Waals surface area contributed by atoms with Gasteiger partial charge in [-0.05, 0) is 25.1 Å². The second kappa shape index (κ2) is 6.96. The lowest BCUT2D eigenvalue weighted by atomic mass is 10.2. The average molecular weight is 313 g/mol. The normalized spacial score (nSPS) is 9.67. The summed E-state index contributed by atoms with van der Waals surface area (Å²) in [5, 5.41) is 0. The number of carbonyl (C=O) groups excluding carboxylic acids is 2. The summed E-state index contributed by atoms with van der Waals surface area (Å²) in [6, 6.07) is 6.85. The van der Waals surface area contributed by atoms with Crippen molar-refractivity contribution in [3.63, 3.8) is 0 Å². The second-order valence-electron chi connectivity index (χ2n) is 3.56. The van der Waals surface area contributed by atoms with Crippen LogP contribution in [-0.2, 0) is 14.3 Å². The topological polar surface area (TPSA) is 52.6 Å². The van der Waals surface area contributed by atoms with E-state index in [0.717, 1.165) is 4.47 Å². The van der Waals surface area contributed by atoms with Crippen molar-refractivity contribution in [2.24, 2.45) is 0 Å². The molecule has 0 aliphatic carbocycles. The summed E-state index contributed by atoms with van der Waals surface area (Å²) in [6.07, 6.45) is 0. The molecule has 0 aromatic heterocycles. The van der Waals surface area contributed by atoms with Gasteiger partial charge in [-0.3, -0.25) is 0 Å². The number of rotatable bonds is 5. The van der Waals surface area contributed by atoms with Crippen LogP contribution in [-0.4, -0.2) is 25.2 Å². The van der Waals surface area contributed by atoms with Crippen LogP contribution < -0.4 is 0 Å². The van der Waals surface area contributed by atoms with Gasteiger partial charge < -0.3 is 9.47 Å². The Kier molecular flexibility index (Phi) is 5.58. The third-order valence-corrected chi connectivity index (χ3v) is 2.45. The Morgan fingerprint density at radius 2 is 1.94 bits per heavy atom. The molecule has 0 radical (unpaired) electrons. The molecule has 5 heteroatoms. The van der Waals surface area contributed by atoms with E-state index in [1.54, 1.807) is 25.1 Å². The number of hydrogen-bond acceptors (Lipinski definition) is 4. The molecule has 0 N–H and O–H groups in total. The largest absolute Gasteiger partial charge is 0.459 e. The minimum Gasteiger partial charge on any atom is -0.459 e. The van der Waals surface area contributed by atoms with Gasteiger partial charge in [0.05, 0.1) is 5.56 Å². The first-order chi connectivity index (χ1) is 8.50. The second-order valence-corrected chi connectivity index (χ2v) is 4.48. The van der Waals surface area contributed by atoms with Gasteiger partial charge in [-0.15, -0.1) is 0 Å². The molecule has 1 aromatic carbocycles. The summed E-state index contributed by atoms with van der Waals surface area (Å²) < 4.78 is 10.5. The van der Waals surface area contributed by atoms with Crippen LogP contribution in [0.3, 0.4) is 0 Å². The Morgan fingerprint density at radius 1 is 1.28 bits per heavy atom. The molecule has 0 heterocycles. The van der Waals surface area contributed by atoms with E-state index in [1.165, 1.54) is 0 Å². The van der Waals surface area contributed by atoms with Crippen molar-refractivity contribution in [1.29, 1.82) is 0 Å². The molecule has 0 saturated heterocycles. The van der Waals surface area contributed by atoms with Gasteiger partial charge in [0.25, 0.3) is 0 Å². The lowest BCUT2D eigenvalue weighted by Crippen LogP contribution is -2.14. The zero-order valence-electron chi connectivity index (χ0n) is 9.94. The Hall–Kier alpha value is -1.62. The van der Waals surface area contributed by atoms with E-state index in [4.69, 9.17) is 9.47 Å². The van der Waals surface area contributed by atoms with Gasteiger partial charge in [0.15, 0.2) is 0 Å². The molecule has 0 saturated carbocycles. The molecular formula is C13H13BrO4. The van der Waals surface area contributed by atoms with Crippen molar-refractivity contribution < 1.29 is 19.1 Å². The summed E-state index contributed by atoms with van der Waals surface area (Å²) in [4.78, 5) is 22.6. The van der Waals surface area contributed by atoms with Gasteiger partial charge in [0, 0.05) is 10.0 Å². The number of halogens is 1. The molecular weight excluding hydrogens is 300 g/mol. The van der Waals surface area contributed by atoms with E-state index in [9.17, 15) is 9.59 Å². The van der Waals surface area contributed by atoms with Gasteiger partial charge in [-0.2, -0.15) is 0 Å². The van der Waals surface area contributed by atoms with Gasteiger partial charge in [0.1, 0.15) is 13.2 Å². The molecule has 0 bridgehead atoms. The van der Waals surface area contributed by atoms with Gasteiger partial charge in [-0.25, -0.2) is 9.59 Å². The van der Waals surface area contributed by atoms with Gasteiger partial charge in [0.2, 0.25) is 0 Å². The highest BCUT2D eigenvalue weighted by Gasteiger charge is 2.08. The van der Waals surface area contributed by atoms with Crippen LogP contribution in [0.2, 0.25) is 0 Å². The van der Waals surface area contributed by atoms with E-state index in [0.29, 0.717) is 11.1 Å². The predicted molar refractivity (Wildman–Crippen MR) is 70.2 cm³/mol. The van der Waals surface area contributed by atoms with Gasteiger partial charge >= 0.3 is 11.9 Å². The molecule has 0 unspecified atom stereocenters. The Balaban J connectivity index is 2.34. The molecule has 0 amide bonds. The minimum atomic E-state index is -0.492. The maximum Gasteiger partial charge on any atom is 0.338 e. The Morgan fingerprint density at radius 3 is 2.56 bits per heavy atom. The molecule has 0 aliphatic rings. The fourth-order valence-electron chi connectivity index (χ4n) is 1.09. The summed E-state index contributed by atoms with van der Waals surface area (Å²) in [7, 11) is 0. The van der Waals surface area contributed by atoms with Crippen molar-refractivity contribution >= 4 is 27.9 Å². The molecule has 0 spiro atoms. The number of hydrogen-bond donors (Lipinski definition) is 0. The van der Waals surface area contributed by atoms with Crippen LogP contribution in [0.1, 0.15) is 17.3 Å². The molecule has 4 nitrogen and oxygen atoms in total. The fourth-order valence-corrected chi connectivity index (χ4v) is 1.49. The van der Waals surface area contributed by atoms with E-state index < -0.39 is 11.9 Å². The monoisotopic (exact) mass is 312 g/mol. The van der Waals surface area contributed by atoms with Crippen molar-refractivity contribution in [2.75, 3.05) is 13.2 Å². The van der Waals surface area contributed by atoms with Gasteiger partial charge in [-0.1, -0.05) is 28.6 Å². The number of benzene rings is 1. The summed E-state index contributed by atoms with van der Waals surface area (Å²) in [5.41, 5.74) is 0.754. The Bertz CT molecular complexity index is 468. The number of esters is 2. The first-order valence-electron chi connectivity index (χ1n) is 5.26. The molecule has 1 rings (SSSR count). The fraction of sp³-hybridized carbons (Fsp3) is 0.231. The quantitative estimate of drug-likeness (QED) is 0.476. The zero-order valence-corrected chi connectivity index (χ0v) is 11.5. The zero-order chi connectivity index (χ0) is 13.5. The van der Waals surface area contributed by atoms with Crippen molar-refractivity contribution in [1.82, 2.24) is 0 Å². The van der Waals surface area contributed by atoms with E-state index in [1.807, 2.05) is 6.07 Å². The maximum atomic E-state index is 11.6. The molecule has 0 aliphatic heterocycles. The van der Waals surface area contributed by atoms with Crippen LogP contribution >= 0.6 is 15.9 Å². The van der Waals surface area contributed by atoms with Crippen LogP contribution in [0.4, 0.5) is 0 Å². The lowest BCUT2D eigenvalue weighted by molar-refractivity contribution is -0.140. The lowest BCUT2D eigenvalue weighted by Gasteiger charge is -2.06. The molecule has 1 aromatic rings. The van der Waals surface area contributed by atoms with Crippen LogP contribution in [0.5, 0.6) is 0 Å². The highest BCUT2D eigenvalue weighted by molar-refractivity contribution is 9.10. The van der Waals surface area contributed by atoms with E-state index >= 15 is 0 Å². The summed E-state index contributed by atoms with van der Waals surface area (Å²) >= 11 is 3.26. The van der Waals surface area contributed by atoms with Crippen molar-refractivity contribution in [3.8, 4) is 0 Å². The van der Waals surface area contributed by atoms with Crippen LogP contribution in [0.25, 0.3) is 0 Å². The third kappa shape index (κ3) is 4.71. The smallest absolute Gasteiger partial charge is 0.338 e. The first-order valence-corrected chi connectivity index (χ1v) is 6.05. The number of carbonyl (C=O) groups is 2. The Labute approximate surface area is 114 Å². The van der Waals surface area contributed by atoms with E-state index in [2.05, 4.69) is 22.5 Å². The van der Waals surface area contributed by atoms with Crippen molar-refractivity contribution in [2.45, 2.75) is 6.92 Å². The SMILES string of the molecule is C=C(C)C(=O)OCCOC(=O)c1cccc(Br)c1. The molecule has 0 atom stereocenters. The predicted octanol–water partition coefficient (Wildman–Crippen LogP) is 2.73.